The van der Waals surface area contributed by atoms with E-state index in [2.05, 4.69) is 10.3 Å². The fourth-order valence-electron chi connectivity index (χ4n) is 5.16. The van der Waals surface area contributed by atoms with Gasteiger partial charge in [-0.05, 0) is 79.8 Å². The minimum Gasteiger partial charge on any atom is -0.444 e. The summed E-state index contributed by atoms with van der Waals surface area (Å²) in [6, 6.07) is 13.0. The summed E-state index contributed by atoms with van der Waals surface area (Å²) in [4.78, 5) is 44.9. The molecule has 0 saturated carbocycles. The predicted octanol–water partition coefficient (Wildman–Crippen LogP) is 7.14. The second kappa shape index (κ2) is 13.3. The average Bonchev–Trinajstić information content (AvgIpc) is 3.01. The van der Waals surface area contributed by atoms with Crippen LogP contribution in [0.15, 0.2) is 84.1 Å². The average molecular weight is 664 g/mol. The van der Waals surface area contributed by atoms with Crippen LogP contribution in [0.4, 0.5) is 33.9 Å². The van der Waals surface area contributed by atoms with Crippen molar-refractivity contribution in [3.8, 4) is 22.3 Å². The second-order valence-electron chi connectivity index (χ2n) is 12.3. The first kappa shape index (κ1) is 33.9. The van der Waals surface area contributed by atoms with Gasteiger partial charge in [-0.15, -0.1) is 0 Å². The fourth-order valence-corrected chi connectivity index (χ4v) is 5.16. The second-order valence-corrected chi connectivity index (χ2v) is 12.3. The van der Waals surface area contributed by atoms with Crippen LogP contribution in [0.2, 0.25) is 0 Å². The molecule has 0 spiro atoms. The standard InChI is InChI=1S/C35H33F4N5O4/c1-34(2,3)48-33(47)44-14-12-21(13-15-44)24-16-27(31(40)41-17-24)22-6-10-26(11-7-22)42-32(46)29-19-43(20-35(37,38)39)18-28(30(29)45)23-4-8-25(36)9-5-23/h4-12,16-19H,13-15,20H2,1-3H3,(H2,40,41)(H,42,46). The summed E-state index contributed by atoms with van der Waals surface area (Å²) >= 11 is 0. The summed E-state index contributed by atoms with van der Waals surface area (Å²) in [6.45, 7) is 4.85. The van der Waals surface area contributed by atoms with Crippen molar-refractivity contribution in [2.75, 3.05) is 24.1 Å². The molecule has 4 aromatic rings. The Morgan fingerprint density at radius 2 is 1.60 bits per heavy atom. The van der Waals surface area contributed by atoms with Crippen LogP contribution in [0.5, 0.6) is 0 Å². The van der Waals surface area contributed by atoms with E-state index in [1.54, 1.807) is 35.4 Å². The molecule has 250 valence electrons. The van der Waals surface area contributed by atoms with E-state index in [9.17, 15) is 31.9 Å². The first-order valence-corrected chi connectivity index (χ1v) is 15.0. The zero-order valence-corrected chi connectivity index (χ0v) is 26.4. The van der Waals surface area contributed by atoms with E-state index in [1.165, 1.54) is 12.1 Å². The lowest BCUT2D eigenvalue weighted by Crippen LogP contribution is -2.39. The number of halogens is 4. The van der Waals surface area contributed by atoms with Crippen molar-refractivity contribution >= 4 is 29.1 Å². The Balaban J connectivity index is 1.35. The maximum atomic E-state index is 13.5. The lowest BCUT2D eigenvalue weighted by molar-refractivity contribution is -0.140. The van der Waals surface area contributed by atoms with E-state index < -0.39 is 41.0 Å². The Kier molecular flexibility index (Phi) is 9.42. The van der Waals surface area contributed by atoms with E-state index in [0.29, 0.717) is 35.2 Å². The molecule has 0 radical (unpaired) electrons. The molecular weight excluding hydrogens is 630 g/mol. The summed E-state index contributed by atoms with van der Waals surface area (Å²) in [5.41, 5.74) is 7.66. The molecule has 13 heteroatoms. The van der Waals surface area contributed by atoms with Crippen LogP contribution in [-0.2, 0) is 11.3 Å². The molecule has 3 N–H and O–H groups in total. The van der Waals surface area contributed by atoms with Crippen molar-refractivity contribution in [1.82, 2.24) is 14.5 Å². The zero-order chi connectivity index (χ0) is 34.8. The van der Waals surface area contributed by atoms with Crippen LogP contribution >= 0.6 is 0 Å². The number of hydrogen-bond acceptors (Lipinski definition) is 6. The van der Waals surface area contributed by atoms with Gasteiger partial charge in [0.05, 0.1) is 0 Å². The molecule has 1 aliphatic heterocycles. The van der Waals surface area contributed by atoms with Crippen molar-refractivity contribution in [2.24, 2.45) is 0 Å². The molecule has 9 nitrogen and oxygen atoms in total. The maximum absolute atomic E-state index is 13.5. The predicted molar refractivity (Wildman–Crippen MR) is 175 cm³/mol. The smallest absolute Gasteiger partial charge is 0.410 e. The van der Waals surface area contributed by atoms with Gasteiger partial charge in [0.1, 0.15) is 29.3 Å². The first-order chi connectivity index (χ1) is 22.6. The van der Waals surface area contributed by atoms with E-state index in [0.717, 1.165) is 35.7 Å². The van der Waals surface area contributed by atoms with E-state index in [4.69, 9.17) is 10.5 Å². The fraction of sp³-hybridized carbons (Fsp3) is 0.257. The first-order valence-electron chi connectivity index (χ1n) is 15.0. The highest BCUT2D eigenvalue weighted by Crippen LogP contribution is 2.31. The van der Waals surface area contributed by atoms with Crippen molar-refractivity contribution < 1.29 is 31.9 Å². The maximum Gasteiger partial charge on any atom is 0.410 e. The SMILES string of the molecule is CC(C)(C)OC(=O)N1CC=C(c2cnc(N)c(-c3ccc(NC(=O)c4cn(CC(F)(F)F)cc(-c5ccc(F)cc5)c4=O)cc3)c2)CC1. The molecule has 1 aliphatic rings. The van der Waals surface area contributed by atoms with Gasteiger partial charge in [0, 0.05) is 48.5 Å². The monoisotopic (exact) mass is 663 g/mol. The highest BCUT2D eigenvalue weighted by atomic mass is 19.4. The zero-order valence-electron chi connectivity index (χ0n) is 26.4. The molecule has 2 aromatic heterocycles. The number of hydrogen-bond donors (Lipinski definition) is 2. The van der Waals surface area contributed by atoms with Gasteiger partial charge >= 0.3 is 12.3 Å². The lowest BCUT2D eigenvalue weighted by Gasteiger charge is -2.29. The lowest BCUT2D eigenvalue weighted by atomic mass is 9.97. The number of carbonyl (C=O) groups is 2. The van der Waals surface area contributed by atoms with Gasteiger partial charge in [-0.3, -0.25) is 9.59 Å². The van der Waals surface area contributed by atoms with Gasteiger partial charge in [-0.1, -0.05) is 30.3 Å². The number of benzene rings is 2. The minimum absolute atomic E-state index is 0.161. The van der Waals surface area contributed by atoms with Crippen molar-refractivity contribution in [3.05, 3.63) is 106 Å². The third kappa shape index (κ3) is 8.27. The molecule has 0 unspecified atom stereocenters. The Labute approximate surface area is 273 Å². The summed E-state index contributed by atoms with van der Waals surface area (Å²) in [7, 11) is 0. The number of nitrogens with one attached hydrogen (secondary N) is 1. The van der Waals surface area contributed by atoms with Crippen molar-refractivity contribution in [1.29, 1.82) is 0 Å². The minimum atomic E-state index is -4.62. The van der Waals surface area contributed by atoms with Gasteiger partial charge in [0.25, 0.3) is 5.91 Å². The summed E-state index contributed by atoms with van der Waals surface area (Å²) in [5, 5.41) is 2.57. The number of rotatable bonds is 6. The Morgan fingerprint density at radius 1 is 0.958 bits per heavy atom. The molecule has 48 heavy (non-hydrogen) atoms. The van der Waals surface area contributed by atoms with Crippen LogP contribution in [-0.4, -0.2) is 51.3 Å². The number of nitrogen functional groups attached to an aromatic ring is 1. The summed E-state index contributed by atoms with van der Waals surface area (Å²) in [5.74, 6) is -1.24. The summed E-state index contributed by atoms with van der Waals surface area (Å²) in [6.07, 6.45) is 1.01. The van der Waals surface area contributed by atoms with Gasteiger partial charge in [-0.2, -0.15) is 13.2 Å². The van der Waals surface area contributed by atoms with Crippen LogP contribution < -0.4 is 16.5 Å². The Hall–Kier alpha value is -5.46. The van der Waals surface area contributed by atoms with Crippen LogP contribution in [0.25, 0.3) is 27.8 Å². The number of carbonyl (C=O) groups excluding carboxylic acids is 2. The molecular formula is C35H33F4N5O4. The molecule has 0 saturated heterocycles. The van der Waals surface area contributed by atoms with E-state index in [1.807, 2.05) is 32.9 Å². The van der Waals surface area contributed by atoms with Crippen LogP contribution in [0, 0.1) is 5.82 Å². The van der Waals surface area contributed by atoms with Crippen LogP contribution in [0.3, 0.4) is 0 Å². The molecule has 0 atom stereocenters. The number of alkyl halides is 3. The number of nitrogens with two attached hydrogens (primary N) is 1. The van der Waals surface area contributed by atoms with Crippen molar-refractivity contribution in [3.63, 3.8) is 0 Å². The topological polar surface area (TPSA) is 120 Å². The molecule has 0 fully saturated rings. The molecule has 5 rings (SSSR count). The number of aromatic nitrogens is 2. The van der Waals surface area contributed by atoms with Gasteiger partial charge in [0.15, 0.2) is 0 Å². The van der Waals surface area contributed by atoms with Gasteiger partial charge < -0.3 is 25.3 Å². The van der Waals surface area contributed by atoms with E-state index in [-0.39, 0.29) is 28.7 Å². The third-order valence-electron chi connectivity index (χ3n) is 7.44. The number of pyridine rings is 2. The molecule has 0 aliphatic carbocycles. The summed E-state index contributed by atoms with van der Waals surface area (Å²) < 4.78 is 59.4. The molecule has 3 heterocycles. The number of anilines is 2. The number of ether oxygens (including phenoxy) is 1. The van der Waals surface area contributed by atoms with Gasteiger partial charge in [0.2, 0.25) is 5.43 Å². The number of nitrogens with zero attached hydrogens (tertiary/aromatic N) is 3. The van der Waals surface area contributed by atoms with Crippen LogP contribution in [0.1, 0.15) is 43.1 Å². The normalized spacial score (nSPS) is 13.6. The van der Waals surface area contributed by atoms with Crippen molar-refractivity contribution in [2.45, 2.75) is 45.5 Å². The largest absolute Gasteiger partial charge is 0.444 e. The molecule has 2 aromatic carbocycles. The third-order valence-corrected chi connectivity index (χ3v) is 7.44. The quantitative estimate of drug-likeness (QED) is 0.212. The molecule has 0 bridgehead atoms. The van der Waals surface area contributed by atoms with Gasteiger partial charge in [-0.25, -0.2) is 14.2 Å². The number of amides is 2. The highest BCUT2D eigenvalue weighted by molar-refractivity contribution is 6.04. The highest BCUT2D eigenvalue weighted by Gasteiger charge is 2.29. The van der Waals surface area contributed by atoms with E-state index >= 15 is 0 Å². The Morgan fingerprint density at radius 3 is 2.21 bits per heavy atom. The molecule has 2 amide bonds. The Bertz CT molecular complexity index is 1930.